The lowest BCUT2D eigenvalue weighted by Gasteiger charge is -2.22. The second kappa shape index (κ2) is 3.65. The Morgan fingerprint density at radius 1 is 1.36 bits per heavy atom. The molecule has 2 nitrogen and oxygen atoms in total. The van der Waals surface area contributed by atoms with E-state index in [1.54, 1.807) is 0 Å². The molecule has 78 valence electrons. The highest BCUT2D eigenvalue weighted by atomic mass is 35.5. The van der Waals surface area contributed by atoms with E-state index in [0.29, 0.717) is 11.4 Å². The second-order valence-corrected chi connectivity index (χ2v) is 4.43. The smallest absolute Gasteiger partial charge is 0.146 e. The Labute approximate surface area is 87.8 Å². The Bertz CT molecular complexity index is 347. The van der Waals surface area contributed by atoms with Crippen molar-refractivity contribution in [2.24, 2.45) is 0 Å². The Kier molecular flexibility index (Phi) is 2.90. The van der Waals surface area contributed by atoms with E-state index in [1.807, 2.05) is 20.8 Å². The summed E-state index contributed by atoms with van der Waals surface area (Å²) in [4.78, 5) is 0. The van der Waals surface area contributed by atoms with Gasteiger partial charge in [-0.25, -0.2) is 4.39 Å². The molecule has 0 heterocycles. The molecule has 1 aromatic carbocycles. The molecule has 0 bridgehead atoms. The topological polar surface area (TPSA) is 35.2 Å². The third kappa shape index (κ3) is 2.77. The number of anilines is 1. The molecule has 0 amide bonds. The molecular formula is C10H13ClFNO. The molecule has 0 aliphatic rings. The largest absolute Gasteiger partial charge is 0.486 e. The van der Waals surface area contributed by atoms with Gasteiger partial charge >= 0.3 is 0 Å². The van der Waals surface area contributed by atoms with E-state index in [0.717, 1.165) is 0 Å². The van der Waals surface area contributed by atoms with Gasteiger partial charge in [-0.05, 0) is 26.8 Å². The van der Waals surface area contributed by atoms with Crippen molar-refractivity contribution >= 4 is 17.3 Å². The van der Waals surface area contributed by atoms with Gasteiger partial charge in [-0.1, -0.05) is 11.6 Å². The fourth-order valence-electron chi connectivity index (χ4n) is 0.962. The minimum atomic E-state index is -0.528. The van der Waals surface area contributed by atoms with Crippen molar-refractivity contribution in [2.75, 3.05) is 5.73 Å². The van der Waals surface area contributed by atoms with Gasteiger partial charge in [0.1, 0.15) is 17.2 Å². The van der Waals surface area contributed by atoms with E-state index in [1.165, 1.54) is 12.1 Å². The number of hydrogen-bond acceptors (Lipinski definition) is 2. The summed E-state index contributed by atoms with van der Waals surface area (Å²) in [6, 6.07) is 2.54. The van der Waals surface area contributed by atoms with Crippen LogP contribution in [-0.2, 0) is 0 Å². The zero-order valence-electron chi connectivity index (χ0n) is 8.40. The SMILES string of the molecule is CC(C)(C)Oc1cc(F)c(Cl)cc1N. The van der Waals surface area contributed by atoms with Crippen molar-refractivity contribution in [3.63, 3.8) is 0 Å². The lowest BCUT2D eigenvalue weighted by Crippen LogP contribution is -2.23. The molecule has 0 fully saturated rings. The van der Waals surface area contributed by atoms with Crippen molar-refractivity contribution in [1.82, 2.24) is 0 Å². The van der Waals surface area contributed by atoms with Crippen molar-refractivity contribution in [3.05, 3.63) is 23.0 Å². The summed E-state index contributed by atoms with van der Waals surface area (Å²) in [5, 5.41) is 0.00348. The average Bonchev–Trinajstić information content (AvgIpc) is 1.97. The number of benzene rings is 1. The van der Waals surface area contributed by atoms with Crippen LogP contribution < -0.4 is 10.5 Å². The minimum Gasteiger partial charge on any atom is -0.486 e. The van der Waals surface area contributed by atoms with Crippen LogP contribution >= 0.6 is 11.6 Å². The summed E-state index contributed by atoms with van der Waals surface area (Å²) < 4.78 is 18.5. The molecular weight excluding hydrogens is 205 g/mol. The molecule has 0 saturated carbocycles. The highest BCUT2D eigenvalue weighted by molar-refractivity contribution is 6.31. The number of nitrogen functional groups attached to an aromatic ring is 1. The molecule has 0 aliphatic carbocycles. The molecule has 4 heteroatoms. The van der Waals surface area contributed by atoms with Crippen molar-refractivity contribution < 1.29 is 9.13 Å². The molecule has 0 atom stereocenters. The first kappa shape index (κ1) is 11.1. The molecule has 2 N–H and O–H groups in total. The molecule has 0 unspecified atom stereocenters. The summed E-state index contributed by atoms with van der Waals surface area (Å²) in [6.45, 7) is 5.58. The molecule has 0 radical (unpaired) electrons. The molecule has 1 rings (SSSR count). The number of rotatable bonds is 1. The first-order valence-electron chi connectivity index (χ1n) is 4.23. The van der Waals surface area contributed by atoms with Crippen LogP contribution in [-0.4, -0.2) is 5.60 Å². The number of nitrogens with two attached hydrogens (primary N) is 1. The van der Waals surface area contributed by atoms with Crippen LogP contribution in [0.2, 0.25) is 5.02 Å². The minimum absolute atomic E-state index is 0.00348. The Balaban J connectivity index is 3.04. The number of ether oxygens (including phenoxy) is 1. The first-order chi connectivity index (χ1) is 6.29. The van der Waals surface area contributed by atoms with Gasteiger partial charge in [-0.15, -0.1) is 0 Å². The highest BCUT2D eigenvalue weighted by Crippen LogP contribution is 2.30. The summed E-state index contributed by atoms with van der Waals surface area (Å²) in [6.07, 6.45) is 0. The van der Waals surface area contributed by atoms with Crippen LogP contribution in [0.15, 0.2) is 12.1 Å². The quantitative estimate of drug-likeness (QED) is 0.733. The molecule has 0 saturated heterocycles. The molecule has 0 aromatic heterocycles. The van der Waals surface area contributed by atoms with Crippen LogP contribution in [0.1, 0.15) is 20.8 Å². The van der Waals surface area contributed by atoms with E-state index in [-0.39, 0.29) is 5.02 Å². The standard InChI is InChI=1S/C10H13ClFNO/c1-10(2,3)14-9-5-7(12)6(11)4-8(9)13/h4-5H,13H2,1-3H3. The maximum atomic E-state index is 13.1. The first-order valence-corrected chi connectivity index (χ1v) is 4.61. The highest BCUT2D eigenvalue weighted by Gasteiger charge is 2.15. The summed E-state index contributed by atoms with van der Waals surface area (Å²) in [7, 11) is 0. The van der Waals surface area contributed by atoms with Crippen molar-refractivity contribution in [1.29, 1.82) is 0 Å². The van der Waals surface area contributed by atoms with E-state index >= 15 is 0 Å². The van der Waals surface area contributed by atoms with Crippen LogP contribution in [0, 0.1) is 5.82 Å². The monoisotopic (exact) mass is 217 g/mol. The van der Waals surface area contributed by atoms with Gasteiger partial charge in [-0.3, -0.25) is 0 Å². The number of halogens is 2. The zero-order valence-corrected chi connectivity index (χ0v) is 9.15. The van der Waals surface area contributed by atoms with E-state index in [4.69, 9.17) is 22.1 Å². The summed E-state index contributed by atoms with van der Waals surface area (Å²) >= 11 is 5.55. The lowest BCUT2D eigenvalue weighted by atomic mass is 10.2. The third-order valence-electron chi connectivity index (χ3n) is 1.47. The summed E-state index contributed by atoms with van der Waals surface area (Å²) in [5.74, 6) is -0.209. The van der Waals surface area contributed by atoms with Gasteiger partial charge in [-0.2, -0.15) is 0 Å². The van der Waals surface area contributed by atoms with Crippen LogP contribution in [0.4, 0.5) is 10.1 Å². The van der Waals surface area contributed by atoms with Gasteiger partial charge in [0.15, 0.2) is 0 Å². The lowest BCUT2D eigenvalue weighted by molar-refractivity contribution is 0.131. The average molecular weight is 218 g/mol. The Morgan fingerprint density at radius 2 is 1.93 bits per heavy atom. The van der Waals surface area contributed by atoms with Crippen molar-refractivity contribution in [3.8, 4) is 5.75 Å². The van der Waals surface area contributed by atoms with Crippen molar-refractivity contribution in [2.45, 2.75) is 26.4 Å². The normalized spacial score (nSPS) is 11.5. The van der Waals surface area contributed by atoms with Gasteiger partial charge in [0.2, 0.25) is 0 Å². The maximum Gasteiger partial charge on any atom is 0.146 e. The maximum absolute atomic E-state index is 13.1. The fourth-order valence-corrected chi connectivity index (χ4v) is 1.13. The van der Waals surface area contributed by atoms with Gasteiger partial charge in [0, 0.05) is 6.07 Å². The molecule has 1 aromatic rings. The van der Waals surface area contributed by atoms with Gasteiger partial charge < -0.3 is 10.5 Å². The van der Waals surface area contributed by atoms with Gasteiger partial charge in [0.05, 0.1) is 10.7 Å². The van der Waals surface area contributed by atoms with E-state index in [2.05, 4.69) is 0 Å². The second-order valence-electron chi connectivity index (χ2n) is 4.02. The van der Waals surface area contributed by atoms with Crippen LogP contribution in [0.25, 0.3) is 0 Å². The zero-order chi connectivity index (χ0) is 10.9. The van der Waals surface area contributed by atoms with Crippen LogP contribution in [0.5, 0.6) is 5.75 Å². The van der Waals surface area contributed by atoms with Crippen LogP contribution in [0.3, 0.4) is 0 Å². The molecule has 0 spiro atoms. The van der Waals surface area contributed by atoms with E-state index < -0.39 is 11.4 Å². The molecule has 14 heavy (non-hydrogen) atoms. The Hall–Kier alpha value is -0.960. The summed E-state index contributed by atoms with van der Waals surface area (Å²) in [5.41, 5.74) is 5.55. The Morgan fingerprint density at radius 3 is 2.43 bits per heavy atom. The predicted octanol–water partition coefficient (Wildman–Crippen LogP) is 3.24. The molecule has 0 aliphatic heterocycles. The third-order valence-corrected chi connectivity index (χ3v) is 1.76. The predicted molar refractivity (Wildman–Crippen MR) is 56.2 cm³/mol. The fraction of sp³-hybridized carbons (Fsp3) is 0.400. The van der Waals surface area contributed by atoms with Gasteiger partial charge in [0.25, 0.3) is 0 Å². The van der Waals surface area contributed by atoms with E-state index in [9.17, 15) is 4.39 Å². The number of hydrogen-bond donors (Lipinski definition) is 1.